The van der Waals surface area contributed by atoms with Gasteiger partial charge in [-0.25, -0.2) is 0 Å². The first-order valence-electron chi connectivity index (χ1n) is 4.95. The van der Waals surface area contributed by atoms with Gasteiger partial charge in [0.15, 0.2) is 5.75 Å². The molecule has 0 atom stereocenters. The molecule has 0 radical (unpaired) electrons. The number of nitriles is 1. The van der Waals surface area contributed by atoms with E-state index in [2.05, 4.69) is 5.10 Å². The number of nitrogens with zero attached hydrogens (tertiary/aromatic N) is 4. The van der Waals surface area contributed by atoms with E-state index in [9.17, 15) is 10.1 Å². The Balaban J connectivity index is 2.31. The molecule has 7 heteroatoms. The lowest BCUT2D eigenvalue weighted by atomic mass is 10.2. The number of benzene rings is 1. The zero-order chi connectivity index (χ0) is 13.1. The third kappa shape index (κ3) is 2.27. The Labute approximate surface area is 102 Å². The second-order valence-electron chi connectivity index (χ2n) is 3.50. The number of hydrogen-bond donors (Lipinski definition) is 0. The zero-order valence-electron chi connectivity index (χ0n) is 9.40. The summed E-state index contributed by atoms with van der Waals surface area (Å²) < 4.78 is 6.98. The summed E-state index contributed by atoms with van der Waals surface area (Å²) >= 11 is 0. The Morgan fingerprint density at radius 1 is 1.50 bits per heavy atom. The van der Waals surface area contributed by atoms with Gasteiger partial charge in [-0.3, -0.25) is 14.8 Å². The second kappa shape index (κ2) is 4.55. The van der Waals surface area contributed by atoms with E-state index in [4.69, 9.17) is 10.00 Å². The Bertz CT molecular complexity index is 642. The molecule has 1 aromatic heterocycles. The Hall–Kier alpha value is -2.88. The van der Waals surface area contributed by atoms with E-state index in [1.807, 2.05) is 0 Å². The molecule has 0 fully saturated rings. The fourth-order valence-electron chi connectivity index (χ4n) is 1.41. The molecular weight excluding hydrogens is 236 g/mol. The highest BCUT2D eigenvalue weighted by Gasteiger charge is 2.14. The molecule has 0 saturated carbocycles. The number of nitro benzene ring substituents is 1. The van der Waals surface area contributed by atoms with E-state index >= 15 is 0 Å². The summed E-state index contributed by atoms with van der Waals surface area (Å²) in [6.45, 7) is 0. The van der Waals surface area contributed by atoms with E-state index in [-0.39, 0.29) is 11.3 Å². The summed E-state index contributed by atoms with van der Waals surface area (Å²) in [5, 5.41) is 23.4. The highest BCUT2D eigenvalue weighted by molar-refractivity contribution is 5.52. The van der Waals surface area contributed by atoms with Gasteiger partial charge in [-0.05, 0) is 6.07 Å². The van der Waals surface area contributed by atoms with Crippen molar-refractivity contribution in [3.8, 4) is 17.6 Å². The van der Waals surface area contributed by atoms with Gasteiger partial charge in [0, 0.05) is 19.2 Å². The molecule has 1 heterocycles. The van der Waals surface area contributed by atoms with E-state index < -0.39 is 4.92 Å². The number of hydrogen-bond acceptors (Lipinski definition) is 5. The predicted molar refractivity (Wildman–Crippen MR) is 61.1 cm³/mol. The summed E-state index contributed by atoms with van der Waals surface area (Å²) in [6, 6.07) is 5.77. The van der Waals surface area contributed by atoms with Crippen LogP contribution in [0.4, 0.5) is 5.69 Å². The van der Waals surface area contributed by atoms with Crippen molar-refractivity contribution in [2.45, 2.75) is 0 Å². The number of rotatable bonds is 3. The fraction of sp³-hybridized carbons (Fsp3) is 0.0909. The minimum absolute atomic E-state index is 0.0404. The lowest BCUT2D eigenvalue weighted by Crippen LogP contribution is -1.93. The first-order valence-corrected chi connectivity index (χ1v) is 4.95. The van der Waals surface area contributed by atoms with Crippen molar-refractivity contribution in [2.75, 3.05) is 0 Å². The molecule has 7 nitrogen and oxygen atoms in total. The van der Waals surface area contributed by atoms with Crippen LogP contribution in [0, 0.1) is 21.4 Å². The van der Waals surface area contributed by atoms with Crippen LogP contribution in [0.2, 0.25) is 0 Å². The Morgan fingerprint density at radius 3 is 2.83 bits per heavy atom. The highest BCUT2D eigenvalue weighted by Crippen LogP contribution is 2.26. The van der Waals surface area contributed by atoms with Crippen LogP contribution in [0.5, 0.6) is 11.5 Å². The molecule has 0 aliphatic rings. The van der Waals surface area contributed by atoms with Crippen LogP contribution >= 0.6 is 0 Å². The minimum atomic E-state index is -0.605. The van der Waals surface area contributed by atoms with Crippen molar-refractivity contribution >= 4 is 5.69 Å². The van der Waals surface area contributed by atoms with Crippen molar-refractivity contribution in [1.29, 1.82) is 5.26 Å². The van der Waals surface area contributed by atoms with Crippen LogP contribution in [-0.4, -0.2) is 14.7 Å². The summed E-state index contributed by atoms with van der Waals surface area (Å²) in [4.78, 5) is 10.0. The molecule has 90 valence electrons. The lowest BCUT2D eigenvalue weighted by Gasteiger charge is -2.02. The van der Waals surface area contributed by atoms with Crippen molar-refractivity contribution < 1.29 is 9.66 Å². The molecule has 0 amide bonds. The fourth-order valence-corrected chi connectivity index (χ4v) is 1.41. The summed E-state index contributed by atoms with van der Waals surface area (Å²) in [7, 11) is 1.74. The summed E-state index contributed by atoms with van der Waals surface area (Å²) in [5.74, 6) is 0.848. The van der Waals surface area contributed by atoms with Gasteiger partial charge >= 0.3 is 0 Å². The molecular formula is C11H8N4O3. The number of nitro groups is 1. The molecule has 0 bridgehead atoms. The van der Waals surface area contributed by atoms with Crippen LogP contribution in [0.25, 0.3) is 0 Å². The van der Waals surface area contributed by atoms with E-state index in [1.165, 1.54) is 24.4 Å². The molecule has 0 N–H and O–H groups in total. The third-order valence-corrected chi connectivity index (χ3v) is 2.20. The monoisotopic (exact) mass is 244 g/mol. The first-order chi connectivity index (χ1) is 8.60. The largest absolute Gasteiger partial charge is 0.454 e. The molecule has 1 aromatic carbocycles. The van der Waals surface area contributed by atoms with Crippen LogP contribution in [0.3, 0.4) is 0 Å². The maximum absolute atomic E-state index is 10.7. The topological polar surface area (TPSA) is 94.0 Å². The van der Waals surface area contributed by atoms with Crippen molar-refractivity contribution in [3.63, 3.8) is 0 Å². The second-order valence-corrected chi connectivity index (χ2v) is 3.50. The standard InChI is InChI=1S/C11H8N4O3/c1-14-7-10(6-13-14)18-9-2-3-11(15(16)17)8(4-9)5-12/h2-4,6-7H,1H3. The number of aryl methyl sites for hydroxylation is 1. The van der Waals surface area contributed by atoms with Crippen molar-refractivity contribution in [2.24, 2.45) is 7.05 Å². The van der Waals surface area contributed by atoms with Crippen LogP contribution < -0.4 is 4.74 Å². The Morgan fingerprint density at radius 2 is 2.28 bits per heavy atom. The van der Waals surface area contributed by atoms with E-state index in [0.717, 1.165) is 0 Å². The predicted octanol–water partition coefficient (Wildman–Crippen LogP) is 1.99. The van der Waals surface area contributed by atoms with Gasteiger partial charge in [0.25, 0.3) is 5.69 Å². The molecule has 2 aromatic rings. The van der Waals surface area contributed by atoms with Crippen LogP contribution in [-0.2, 0) is 7.05 Å². The van der Waals surface area contributed by atoms with E-state index in [1.54, 1.807) is 24.0 Å². The quantitative estimate of drug-likeness (QED) is 0.607. The van der Waals surface area contributed by atoms with Gasteiger partial charge in [0.2, 0.25) is 0 Å². The molecule has 0 spiro atoms. The van der Waals surface area contributed by atoms with Crippen LogP contribution in [0.1, 0.15) is 5.56 Å². The summed E-state index contributed by atoms with van der Waals surface area (Å²) in [5.41, 5.74) is -0.280. The number of aromatic nitrogens is 2. The molecule has 2 rings (SSSR count). The van der Waals surface area contributed by atoms with Gasteiger partial charge in [-0.15, -0.1) is 0 Å². The van der Waals surface area contributed by atoms with Gasteiger partial charge in [0.1, 0.15) is 17.4 Å². The average molecular weight is 244 g/mol. The lowest BCUT2D eigenvalue weighted by molar-refractivity contribution is -0.385. The van der Waals surface area contributed by atoms with Gasteiger partial charge in [-0.1, -0.05) is 0 Å². The van der Waals surface area contributed by atoms with Gasteiger partial charge < -0.3 is 4.74 Å². The van der Waals surface area contributed by atoms with Gasteiger partial charge in [-0.2, -0.15) is 10.4 Å². The third-order valence-electron chi connectivity index (χ3n) is 2.20. The normalized spacial score (nSPS) is 9.78. The van der Waals surface area contributed by atoms with Crippen molar-refractivity contribution in [3.05, 3.63) is 46.3 Å². The SMILES string of the molecule is Cn1cc(Oc2ccc([N+](=O)[O-])c(C#N)c2)cn1. The molecule has 0 saturated heterocycles. The van der Waals surface area contributed by atoms with Gasteiger partial charge in [0.05, 0.1) is 17.3 Å². The molecule has 0 unspecified atom stereocenters. The first kappa shape index (κ1) is 11.6. The maximum atomic E-state index is 10.7. The van der Waals surface area contributed by atoms with Crippen molar-refractivity contribution in [1.82, 2.24) is 9.78 Å². The molecule has 18 heavy (non-hydrogen) atoms. The highest BCUT2D eigenvalue weighted by atomic mass is 16.6. The molecule has 0 aliphatic heterocycles. The smallest absolute Gasteiger partial charge is 0.287 e. The minimum Gasteiger partial charge on any atom is -0.454 e. The number of ether oxygens (including phenoxy) is 1. The molecule has 0 aliphatic carbocycles. The zero-order valence-corrected chi connectivity index (χ0v) is 9.40. The summed E-state index contributed by atoms with van der Waals surface area (Å²) in [6.07, 6.45) is 3.15. The van der Waals surface area contributed by atoms with Crippen LogP contribution in [0.15, 0.2) is 30.6 Å². The average Bonchev–Trinajstić information content (AvgIpc) is 2.74. The van der Waals surface area contributed by atoms with E-state index in [0.29, 0.717) is 11.5 Å². The Kier molecular flexibility index (Phi) is 2.93. The maximum Gasteiger partial charge on any atom is 0.287 e.